The molecule has 1 heterocycles. The highest BCUT2D eigenvalue weighted by Gasteiger charge is 2.28. The van der Waals surface area contributed by atoms with Crippen molar-refractivity contribution < 1.29 is 13.2 Å². The van der Waals surface area contributed by atoms with Crippen LogP contribution in [-0.4, -0.2) is 26.6 Å². The van der Waals surface area contributed by atoms with Crippen molar-refractivity contribution in [3.8, 4) is 0 Å². The summed E-state index contributed by atoms with van der Waals surface area (Å²) in [7, 11) is -3.18. The Kier molecular flexibility index (Phi) is 5.08. The van der Waals surface area contributed by atoms with Crippen LogP contribution >= 0.6 is 0 Å². The van der Waals surface area contributed by atoms with E-state index in [0.717, 1.165) is 5.56 Å². The Morgan fingerprint density at radius 3 is 2.40 bits per heavy atom. The lowest BCUT2D eigenvalue weighted by atomic mass is 9.97. The van der Waals surface area contributed by atoms with Gasteiger partial charge in [0.2, 0.25) is 15.9 Å². The molecule has 1 fully saturated rings. The molecule has 1 aliphatic rings. The average molecular weight is 358 g/mol. The second-order valence-electron chi connectivity index (χ2n) is 6.35. The molecule has 1 aliphatic heterocycles. The first-order chi connectivity index (χ1) is 12.0. The number of rotatable bonds is 5. The molecule has 0 saturated carbocycles. The molecule has 1 saturated heterocycles. The van der Waals surface area contributed by atoms with E-state index in [1.54, 1.807) is 24.3 Å². The van der Waals surface area contributed by atoms with Gasteiger partial charge in [-0.3, -0.25) is 9.10 Å². The molecular weight excluding hydrogens is 336 g/mol. The van der Waals surface area contributed by atoms with Crippen LogP contribution < -0.4 is 9.62 Å². The van der Waals surface area contributed by atoms with E-state index in [2.05, 4.69) is 5.32 Å². The Morgan fingerprint density at radius 2 is 1.80 bits per heavy atom. The van der Waals surface area contributed by atoms with Crippen molar-refractivity contribution in [2.45, 2.75) is 25.7 Å². The van der Waals surface area contributed by atoms with Gasteiger partial charge < -0.3 is 5.32 Å². The Bertz CT molecular complexity index is 833. The predicted molar refractivity (Wildman–Crippen MR) is 100 cm³/mol. The van der Waals surface area contributed by atoms with E-state index in [-0.39, 0.29) is 17.6 Å². The lowest BCUT2D eigenvalue weighted by Crippen LogP contribution is -2.25. The Labute approximate surface area is 148 Å². The molecule has 0 bridgehead atoms. The number of hydrogen-bond acceptors (Lipinski definition) is 3. The minimum Gasteiger partial charge on any atom is -0.326 e. The molecule has 0 radical (unpaired) electrons. The van der Waals surface area contributed by atoms with E-state index in [1.807, 2.05) is 37.3 Å². The van der Waals surface area contributed by atoms with Gasteiger partial charge in [0.15, 0.2) is 0 Å². The maximum atomic E-state index is 12.2. The fourth-order valence-corrected chi connectivity index (χ4v) is 4.59. The van der Waals surface area contributed by atoms with Crippen molar-refractivity contribution in [3.05, 3.63) is 60.2 Å². The second-order valence-corrected chi connectivity index (χ2v) is 8.37. The highest BCUT2D eigenvalue weighted by atomic mass is 32.2. The molecule has 2 aromatic rings. The molecule has 0 aromatic heterocycles. The number of anilines is 2. The van der Waals surface area contributed by atoms with E-state index >= 15 is 0 Å². The minimum atomic E-state index is -3.18. The molecule has 6 heteroatoms. The smallest absolute Gasteiger partial charge is 0.235 e. The van der Waals surface area contributed by atoms with Crippen LogP contribution in [0.15, 0.2) is 54.6 Å². The van der Waals surface area contributed by atoms with Crippen molar-refractivity contribution in [2.75, 3.05) is 21.9 Å². The predicted octanol–water partition coefficient (Wildman–Crippen LogP) is 3.36. The normalized spacial score (nSPS) is 17.2. The summed E-state index contributed by atoms with van der Waals surface area (Å²) in [6, 6.07) is 16.9. The van der Waals surface area contributed by atoms with Crippen molar-refractivity contribution in [1.29, 1.82) is 0 Å². The maximum Gasteiger partial charge on any atom is 0.235 e. The summed E-state index contributed by atoms with van der Waals surface area (Å²) >= 11 is 0. The SMILES string of the molecule is CC(CC(=O)Nc1ccc(N2CCCS2(=O)=O)cc1)c1ccccc1. The van der Waals surface area contributed by atoms with E-state index in [1.165, 1.54) is 4.31 Å². The number of sulfonamides is 1. The number of carbonyl (C=O) groups excluding carboxylic acids is 1. The van der Waals surface area contributed by atoms with Crippen LogP contribution in [0.3, 0.4) is 0 Å². The molecule has 0 spiro atoms. The Balaban J connectivity index is 1.61. The highest BCUT2D eigenvalue weighted by molar-refractivity contribution is 7.93. The third-order valence-electron chi connectivity index (χ3n) is 4.40. The molecule has 1 N–H and O–H groups in total. The largest absolute Gasteiger partial charge is 0.326 e. The van der Waals surface area contributed by atoms with Crippen LogP contribution in [-0.2, 0) is 14.8 Å². The molecule has 2 aromatic carbocycles. The summed E-state index contributed by atoms with van der Waals surface area (Å²) in [6.07, 6.45) is 1.05. The zero-order chi connectivity index (χ0) is 17.9. The second kappa shape index (κ2) is 7.27. The number of nitrogens with zero attached hydrogens (tertiary/aromatic N) is 1. The Morgan fingerprint density at radius 1 is 1.12 bits per heavy atom. The molecule has 0 aliphatic carbocycles. The van der Waals surface area contributed by atoms with E-state index in [4.69, 9.17) is 0 Å². The molecule has 132 valence electrons. The van der Waals surface area contributed by atoms with E-state index in [0.29, 0.717) is 30.8 Å². The van der Waals surface area contributed by atoms with E-state index < -0.39 is 10.0 Å². The van der Waals surface area contributed by atoms with Gasteiger partial charge in [0.1, 0.15) is 0 Å². The van der Waals surface area contributed by atoms with Gasteiger partial charge in [-0.2, -0.15) is 0 Å². The van der Waals surface area contributed by atoms with Crippen LogP contribution in [0.1, 0.15) is 31.2 Å². The summed E-state index contributed by atoms with van der Waals surface area (Å²) in [6.45, 7) is 2.54. The minimum absolute atomic E-state index is 0.0575. The van der Waals surface area contributed by atoms with Crippen molar-refractivity contribution in [2.24, 2.45) is 0 Å². The van der Waals surface area contributed by atoms with Gasteiger partial charge in [0, 0.05) is 18.7 Å². The van der Waals surface area contributed by atoms with Crippen LogP contribution in [0.5, 0.6) is 0 Å². The topological polar surface area (TPSA) is 66.5 Å². The molecule has 1 atom stereocenters. The first-order valence-electron chi connectivity index (χ1n) is 8.41. The number of carbonyl (C=O) groups is 1. The van der Waals surface area contributed by atoms with Gasteiger partial charge in [-0.25, -0.2) is 8.42 Å². The molecule has 1 amide bonds. The first kappa shape index (κ1) is 17.5. The standard InChI is InChI=1S/C19H22N2O3S/c1-15(16-6-3-2-4-7-16)14-19(22)20-17-8-10-18(11-9-17)21-12-5-13-25(21,23)24/h2-4,6-11,15H,5,12-14H2,1H3,(H,20,22). The fraction of sp³-hybridized carbons (Fsp3) is 0.316. The third-order valence-corrected chi connectivity index (χ3v) is 6.27. The van der Waals surface area contributed by atoms with Gasteiger partial charge >= 0.3 is 0 Å². The van der Waals surface area contributed by atoms with Crippen LogP contribution in [0.4, 0.5) is 11.4 Å². The van der Waals surface area contributed by atoms with Crippen molar-refractivity contribution in [3.63, 3.8) is 0 Å². The lowest BCUT2D eigenvalue weighted by Gasteiger charge is -2.17. The first-order valence-corrected chi connectivity index (χ1v) is 10.0. The molecule has 25 heavy (non-hydrogen) atoms. The van der Waals surface area contributed by atoms with Crippen molar-refractivity contribution >= 4 is 27.3 Å². The third kappa shape index (κ3) is 4.20. The quantitative estimate of drug-likeness (QED) is 0.891. The van der Waals surface area contributed by atoms with Gasteiger partial charge in [-0.1, -0.05) is 37.3 Å². The van der Waals surface area contributed by atoms with Gasteiger partial charge in [-0.05, 0) is 42.2 Å². The molecule has 1 unspecified atom stereocenters. The molecule has 3 rings (SSSR count). The van der Waals surface area contributed by atoms with Gasteiger partial charge in [0.05, 0.1) is 11.4 Å². The fourth-order valence-electron chi connectivity index (χ4n) is 3.03. The van der Waals surface area contributed by atoms with Gasteiger partial charge in [-0.15, -0.1) is 0 Å². The summed E-state index contributed by atoms with van der Waals surface area (Å²) < 4.78 is 25.3. The molecule has 5 nitrogen and oxygen atoms in total. The summed E-state index contributed by atoms with van der Waals surface area (Å²) in [5.74, 6) is 0.274. The number of nitrogens with one attached hydrogen (secondary N) is 1. The zero-order valence-electron chi connectivity index (χ0n) is 14.2. The number of benzene rings is 2. The summed E-state index contributed by atoms with van der Waals surface area (Å²) in [5.41, 5.74) is 2.45. The van der Waals surface area contributed by atoms with Gasteiger partial charge in [0.25, 0.3) is 0 Å². The Hall–Kier alpha value is -2.34. The summed E-state index contributed by atoms with van der Waals surface area (Å²) in [5, 5.41) is 2.87. The monoisotopic (exact) mass is 358 g/mol. The van der Waals surface area contributed by atoms with Crippen LogP contribution in [0, 0.1) is 0 Å². The van der Waals surface area contributed by atoms with Crippen molar-refractivity contribution in [1.82, 2.24) is 0 Å². The average Bonchev–Trinajstić information content (AvgIpc) is 2.95. The van der Waals surface area contributed by atoms with Crippen LogP contribution in [0.2, 0.25) is 0 Å². The molecular formula is C19H22N2O3S. The number of amides is 1. The zero-order valence-corrected chi connectivity index (χ0v) is 15.0. The lowest BCUT2D eigenvalue weighted by molar-refractivity contribution is -0.116. The van der Waals surface area contributed by atoms with Crippen LogP contribution in [0.25, 0.3) is 0 Å². The van der Waals surface area contributed by atoms with E-state index in [9.17, 15) is 13.2 Å². The maximum absolute atomic E-state index is 12.2. The number of hydrogen-bond donors (Lipinski definition) is 1. The summed E-state index contributed by atoms with van der Waals surface area (Å²) in [4.78, 5) is 12.2. The highest BCUT2D eigenvalue weighted by Crippen LogP contribution is 2.26.